The molecular weight excluding hydrogens is 285 g/mol. The highest BCUT2D eigenvalue weighted by molar-refractivity contribution is 6.37. The zero-order valence-electron chi connectivity index (χ0n) is 10.8. The lowest BCUT2D eigenvalue weighted by atomic mass is 10.0. The summed E-state index contributed by atoms with van der Waals surface area (Å²) in [6.45, 7) is 3.35. The number of hydrogen-bond donors (Lipinski definition) is 1. The van der Waals surface area contributed by atoms with Gasteiger partial charge in [-0.05, 0) is 38.0 Å². The van der Waals surface area contributed by atoms with Gasteiger partial charge in [0, 0.05) is 23.7 Å². The summed E-state index contributed by atoms with van der Waals surface area (Å²) in [4.78, 5) is 14.5. The Labute approximate surface area is 123 Å². The lowest BCUT2D eigenvalue weighted by Gasteiger charge is -2.33. The second-order valence-corrected chi connectivity index (χ2v) is 5.78. The van der Waals surface area contributed by atoms with Crippen molar-refractivity contribution in [1.82, 2.24) is 4.90 Å². The van der Waals surface area contributed by atoms with E-state index >= 15 is 0 Å². The molecule has 0 bridgehead atoms. The van der Waals surface area contributed by atoms with E-state index in [-0.39, 0.29) is 17.9 Å². The third-order valence-corrected chi connectivity index (χ3v) is 4.17. The van der Waals surface area contributed by atoms with Crippen LogP contribution in [0.5, 0.6) is 0 Å². The number of carbonyl (C=O) groups excluding carboxylic acids is 1. The first-order chi connectivity index (χ1) is 8.99. The molecule has 0 aromatic heterocycles. The van der Waals surface area contributed by atoms with Gasteiger partial charge in [-0.2, -0.15) is 0 Å². The number of aliphatic hydroxyl groups excluding tert-OH is 1. The molecule has 5 heteroatoms. The van der Waals surface area contributed by atoms with Crippen LogP contribution in [0.25, 0.3) is 0 Å². The molecule has 0 aliphatic carbocycles. The Morgan fingerprint density at radius 3 is 2.58 bits per heavy atom. The normalized spacial score (nSPS) is 19.4. The minimum absolute atomic E-state index is 0.00180. The molecule has 0 spiro atoms. The van der Waals surface area contributed by atoms with Gasteiger partial charge in [0.05, 0.1) is 17.2 Å². The van der Waals surface area contributed by atoms with Gasteiger partial charge in [0.25, 0.3) is 0 Å². The zero-order chi connectivity index (χ0) is 14.0. The van der Waals surface area contributed by atoms with Gasteiger partial charge in [-0.3, -0.25) is 9.69 Å². The van der Waals surface area contributed by atoms with Gasteiger partial charge in [-0.25, -0.2) is 0 Å². The van der Waals surface area contributed by atoms with Crippen LogP contribution >= 0.6 is 23.2 Å². The van der Waals surface area contributed by atoms with E-state index < -0.39 is 0 Å². The number of hydrogen-bond acceptors (Lipinski definition) is 3. The molecule has 1 aromatic rings. The van der Waals surface area contributed by atoms with Gasteiger partial charge in [-0.15, -0.1) is 0 Å². The summed E-state index contributed by atoms with van der Waals surface area (Å²) < 4.78 is 0. The van der Waals surface area contributed by atoms with Crippen molar-refractivity contribution >= 4 is 29.0 Å². The standard InChI is InChI=1S/C14H17Cl2NO2/c1-9(17-6-4-11(18)5-7-17)14(19)12-3-2-10(15)8-13(12)16/h2-3,8-9,11,18H,4-7H2,1H3. The van der Waals surface area contributed by atoms with E-state index in [9.17, 15) is 9.90 Å². The molecule has 1 saturated heterocycles. The SMILES string of the molecule is CC(C(=O)c1ccc(Cl)cc1Cl)N1CCC(O)CC1. The minimum Gasteiger partial charge on any atom is -0.393 e. The molecule has 1 aliphatic rings. The van der Waals surface area contributed by atoms with E-state index in [1.165, 1.54) is 0 Å². The molecule has 1 heterocycles. The number of halogens is 2. The average molecular weight is 302 g/mol. The molecule has 1 unspecified atom stereocenters. The highest BCUT2D eigenvalue weighted by atomic mass is 35.5. The number of carbonyl (C=O) groups is 1. The van der Waals surface area contributed by atoms with Gasteiger partial charge < -0.3 is 5.11 Å². The molecule has 19 heavy (non-hydrogen) atoms. The summed E-state index contributed by atoms with van der Waals surface area (Å²) in [5.41, 5.74) is 0.504. The molecular formula is C14H17Cl2NO2. The Hall–Kier alpha value is -0.610. The Kier molecular flexibility index (Phi) is 4.85. The maximum Gasteiger partial charge on any atom is 0.181 e. The van der Waals surface area contributed by atoms with Crippen LogP contribution in [-0.4, -0.2) is 41.0 Å². The largest absolute Gasteiger partial charge is 0.393 e. The summed E-state index contributed by atoms with van der Waals surface area (Å²) in [6.07, 6.45) is 1.19. The van der Waals surface area contributed by atoms with Crippen molar-refractivity contribution in [3.8, 4) is 0 Å². The predicted octanol–water partition coefficient (Wildman–Crippen LogP) is 3.02. The van der Waals surface area contributed by atoms with Crippen molar-refractivity contribution in [2.45, 2.75) is 31.9 Å². The van der Waals surface area contributed by atoms with Gasteiger partial charge in [-0.1, -0.05) is 23.2 Å². The fraction of sp³-hybridized carbons (Fsp3) is 0.500. The Balaban J connectivity index is 2.10. The number of rotatable bonds is 3. The van der Waals surface area contributed by atoms with Crippen LogP contribution in [-0.2, 0) is 0 Å². The van der Waals surface area contributed by atoms with Gasteiger partial charge in [0.1, 0.15) is 0 Å². The molecule has 1 atom stereocenters. The van der Waals surface area contributed by atoms with E-state index in [1.54, 1.807) is 18.2 Å². The molecule has 0 radical (unpaired) electrons. The third kappa shape index (κ3) is 3.48. The highest BCUT2D eigenvalue weighted by Crippen LogP contribution is 2.24. The van der Waals surface area contributed by atoms with Crippen LogP contribution < -0.4 is 0 Å². The van der Waals surface area contributed by atoms with E-state index in [1.807, 2.05) is 6.92 Å². The number of nitrogens with zero attached hydrogens (tertiary/aromatic N) is 1. The van der Waals surface area contributed by atoms with Crippen molar-refractivity contribution < 1.29 is 9.90 Å². The van der Waals surface area contributed by atoms with Crippen LogP contribution in [0.1, 0.15) is 30.1 Å². The molecule has 3 nitrogen and oxygen atoms in total. The van der Waals surface area contributed by atoms with Gasteiger partial charge in [0.15, 0.2) is 5.78 Å². The molecule has 0 amide bonds. The van der Waals surface area contributed by atoms with Crippen LogP contribution in [0.2, 0.25) is 10.0 Å². The topological polar surface area (TPSA) is 40.5 Å². The number of likely N-dealkylation sites (tertiary alicyclic amines) is 1. The number of benzene rings is 1. The summed E-state index contributed by atoms with van der Waals surface area (Å²) in [5.74, 6) is -0.00180. The smallest absolute Gasteiger partial charge is 0.181 e. The second kappa shape index (κ2) is 6.23. The van der Waals surface area contributed by atoms with Gasteiger partial charge >= 0.3 is 0 Å². The third-order valence-electron chi connectivity index (χ3n) is 3.62. The summed E-state index contributed by atoms with van der Waals surface area (Å²) in [7, 11) is 0. The van der Waals surface area contributed by atoms with Crippen molar-refractivity contribution in [3.63, 3.8) is 0 Å². The van der Waals surface area contributed by atoms with Crippen LogP contribution in [0.4, 0.5) is 0 Å². The summed E-state index contributed by atoms with van der Waals surface area (Å²) >= 11 is 11.9. The van der Waals surface area contributed by atoms with Gasteiger partial charge in [0.2, 0.25) is 0 Å². The second-order valence-electron chi connectivity index (χ2n) is 4.93. The summed E-state index contributed by atoms with van der Waals surface area (Å²) in [5, 5.41) is 10.4. The van der Waals surface area contributed by atoms with E-state index in [0.29, 0.717) is 28.5 Å². The molecule has 1 fully saturated rings. The fourth-order valence-corrected chi connectivity index (χ4v) is 2.85. The Bertz CT molecular complexity index is 471. The number of piperidine rings is 1. The first-order valence-corrected chi connectivity index (χ1v) is 7.16. The number of Topliss-reactive ketones (excluding diaryl/α,β-unsaturated/α-hetero) is 1. The van der Waals surface area contributed by atoms with E-state index in [0.717, 1.165) is 13.1 Å². The molecule has 1 aromatic carbocycles. The highest BCUT2D eigenvalue weighted by Gasteiger charge is 2.27. The van der Waals surface area contributed by atoms with E-state index in [2.05, 4.69) is 4.90 Å². The lowest BCUT2D eigenvalue weighted by Crippen LogP contribution is -2.45. The molecule has 1 N–H and O–H groups in total. The van der Waals surface area contributed by atoms with Crippen molar-refractivity contribution in [2.75, 3.05) is 13.1 Å². The summed E-state index contributed by atoms with van der Waals surface area (Å²) in [6, 6.07) is 4.70. The van der Waals surface area contributed by atoms with Crippen LogP contribution in [0, 0.1) is 0 Å². The first kappa shape index (κ1) is 14.8. The monoisotopic (exact) mass is 301 g/mol. The zero-order valence-corrected chi connectivity index (χ0v) is 12.3. The Morgan fingerprint density at radius 2 is 2.00 bits per heavy atom. The average Bonchev–Trinajstić information content (AvgIpc) is 2.38. The minimum atomic E-state index is -0.238. The molecule has 104 valence electrons. The molecule has 2 rings (SSSR count). The van der Waals surface area contributed by atoms with Crippen molar-refractivity contribution in [2.24, 2.45) is 0 Å². The lowest BCUT2D eigenvalue weighted by molar-refractivity contribution is 0.0549. The Morgan fingerprint density at radius 1 is 1.37 bits per heavy atom. The fourth-order valence-electron chi connectivity index (χ4n) is 2.35. The maximum atomic E-state index is 12.4. The first-order valence-electron chi connectivity index (χ1n) is 6.40. The molecule has 0 saturated carbocycles. The van der Waals surface area contributed by atoms with Crippen LogP contribution in [0.15, 0.2) is 18.2 Å². The van der Waals surface area contributed by atoms with Crippen molar-refractivity contribution in [1.29, 1.82) is 0 Å². The number of ketones is 1. The maximum absolute atomic E-state index is 12.4. The van der Waals surface area contributed by atoms with Crippen molar-refractivity contribution in [3.05, 3.63) is 33.8 Å². The van der Waals surface area contributed by atoms with Crippen LogP contribution in [0.3, 0.4) is 0 Å². The molecule has 1 aliphatic heterocycles. The number of aliphatic hydroxyl groups is 1. The van der Waals surface area contributed by atoms with E-state index in [4.69, 9.17) is 23.2 Å². The predicted molar refractivity (Wildman–Crippen MR) is 77.1 cm³/mol. The quantitative estimate of drug-likeness (QED) is 0.873.